The van der Waals surface area contributed by atoms with Crippen molar-refractivity contribution in [3.05, 3.63) is 71.8 Å². The predicted octanol–water partition coefficient (Wildman–Crippen LogP) is 5.06. The fraction of sp³-hybridized carbons (Fsp3) is 0.318. The van der Waals surface area contributed by atoms with Crippen LogP contribution in [-0.2, 0) is 4.79 Å². The molecule has 28 heavy (non-hydrogen) atoms. The van der Waals surface area contributed by atoms with E-state index in [-0.39, 0.29) is 5.92 Å². The molecule has 2 aromatic carbocycles. The molecular weight excluding hydrogens is 360 g/mol. The number of carboxylic acid groups (broad SMARTS) is 3. The van der Waals surface area contributed by atoms with E-state index in [4.69, 9.17) is 15.3 Å². The molecule has 2 rings (SSSR count). The molecule has 0 amide bonds. The Balaban J connectivity index is 0.000000391. The summed E-state index contributed by atoms with van der Waals surface area (Å²) in [6, 6.07) is 16.6. The standard InChI is InChI=1S/C8H16O2.2C7H6O2/c1-3-5-6-7(4-2)8(9)10;2*8-7(9)6-4-2-1-3-5-6/h7H,3-6H2,1-2H3,(H,9,10);2*1-5H,(H,8,9). The first-order valence-electron chi connectivity index (χ1n) is 9.12. The smallest absolute Gasteiger partial charge is 0.335 e. The van der Waals surface area contributed by atoms with Gasteiger partial charge in [0.15, 0.2) is 0 Å². The summed E-state index contributed by atoms with van der Waals surface area (Å²) < 4.78 is 0. The second-order valence-corrected chi connectivity index (χ2v) is 5.93. The molecule has 6 heteroatoms. The molecule has 0 aliphatic rings. The lowest BCUT2D eigenvalue weighted by molar-refractivity contribution is -0.142. The lowest BCUT2D eigenvalue weighted by Crippen LogP contribution is -2.11. The Hall–Kier alpha value is -3.15. The van der Waals surface area contributed by atoms with Crippen LogP contribution < -0.4 is 0 Å². The summed E-state index contributed by atoms with van der Waals surface area (Å²) in [7, 11) is 0. The first kappa shape index (κ1) is 24.8. The van der Waals surface area contributed by atoms with Crippen LogP contribution in [0.5, 0.6) is 0 Å². The Morgan fingerprint density at radius 2 is 1.14 bits per heavy atom. The third kappa shape index (κ3) is 11.5. The number of carboxylic acids is 3. The molecule has 1 atom stereocenters. The molecule has 0 saturated heterocycles. The zero-order valence-corrected chi connectivity index (χ0v) is 16.2. The van der Waals surface area contributed by atoms with Crippen LogP contribution in [0.2, 0.25) is 0 Å². The van der Waals surface area contributed by atoms with E-state index in [0.29, 0.717) is 11.1 Å². The summed E-state index contributed by atoms with van der Waals surface area (Å²) >= 11 is 0. The van der Waals surface area contributed by atoms with E-state index in [1.165, 1.54) is 0 Å². The Labute approximate surface area is 165 Å². The van der Waals surface area contributed by atoms with Crippen LogP contribution in [0.1, 0.15) is 60.2 Å². The number of hydrogen-bond donors (Lipinski definition) is 3. The molecule has 0 aromatic heterocycles. The van der Waals surface area contributed by atoms with Crippen molar-refractivity contribution >= 4 is 17.9 Å². The minimum Gasteiger partial charge on any atom is -0.481 e. The Morgan fingerprint density at radius 1 is 0.750 bits per heavy atom. The second kappa shape index (κ2) is 15.0. The average molecular weight is 388 g/mol. The number of carbonyl (C=O) groups is 3. The van der Waals surface area contributed by atoms with Crippen LogP contribution in [0.3, 0.4) is 0 Å². The quantitative estimate of drug-likeness (QED) is 0.611. The van der Waals surface area contributed by atoms with Crippen molar-refractivity contribution in [3.63, 3.8) is 0 Å². The highest BCUT2D eigenvalue weighted by Crippen LogP contribution is 2.11. The van der Waals surface area contributed by atoms with Crippen molar-refractivity contribution in [2.75, 3.05) is 0 Å². The number of unbranched alkanes of at least 4 members (excludes halogenated alkanes) is 1. The van der Waals surface area contributed by atoms with Gasteiger partial charge in [0.1, 0.15) is 0 Å². The number of aromatic carboxylic acids is 2. The molecule has 0 radical (unpaired) electrons. The average Bonchev–Trinajstić information content (AvgIpc) is 2.70. The molecule has 0 aliphatic heterocycles. The van der Waals surface area contributed by atoms with Gasteiger partial charge in [-0.15, -0.1) is 0 Å². The monoisotopic (exact) mass is 388 g/mol. The molecule has 0 saturated carbocycles. The van der Waals surface area contributed by atoms with Crippen molar-refractivity contribution in [1.29, 1.82) is 0 Å². The van der Waals surface area contributed by atoms with Crippen molar-refractivity contribution in [1.82, 2.24) is 0 Å². The summed E-state index contributed by atoms with van der Waals surface area (Å²) in [6.45, 7) is 4.00. The first-order valence-corrected chi connectivity index (χ1v) is 9.12. The summed E-state index contributed by atoms with van der Waals surface area (Å²) in [5.74, 6) is -2.51. The van der Waals surface area contributed by atoms with E-state index in [1.807, 2.05) is 6.92 Å². The third-order valence-corrected chi connectivity index (χ3v) is 3.79. The van der Waals surface area contributed by atoms with Crippen molar-refractivity contribution in [2.24, 2.45) is 5.92 Å². The maximum absolute atomic E-state index is 10.4. The highest BCUT2D eigenvalue weighted by molar-refractivity contribution is 5.87. The molecule has 0 spiro atoms. The van der Waals surface area contributed by atoms with Crippen molar-refractivity contribution < 1.29 is 29.7 Å². The molecular formula is C22H28O6. The molecule has 3 N–H and O–H groups in total. The van der Waals surface area contributed by atoms with Gasteiger partial charge in [-0.1, -0.05) is 63.1 Å². The summed E-state index contributed by atoms with van der Waals surface area (Å²) in [4.78, 5) is 30.8. The van der Waals surface area contributed by atoms with Gasteiger partial charge in [-0.3, -0.25) is 4.79 Å². The van der Waals surface area contributed by atoms with Gasteiger partial charge in [0.25, 0.3) is 0 Å². The lowest BCUT2D eigenvalue weighted by Gasteiger charge is -2.06. The number of aliphatic carboxylic acids is 1. The van der Waals surface area contributed by atoms with Gasteiger partial charge >= 0.3 is 17.9 Å². The molecule has 0 heterocycles. The van der Waals surface area contributed by atoms with Gasteiger partial charge in [-0.05, 0) is 37.1 Å². The van der Waals surface area contributed by atoms with E-state index >= 15 is 0 Å². The van der Waals surface area contributed by atoms with Crippen LogP contribution in [-0.4, -0.2) is 33.2 Å². The highest BCUT2D eigenvalue weighted by Gasteiger charge is 2.12. The molecule has 1 unspecified atom stereocenters. The van der Waals surface area contributed by atoms with E-state index < -0.39 is 17.9 Å². The van der Waals surface area contributed by atoms with Gasteiger partial charge in [-0.25, -0.2) is 9.59 Å². The Kier molecular flexibility index (Phi) is 13.3. The molecule has 152 valence electrons. The minimum atomic E-state index is -0.879. The van der Waals surface area contributed by atoms with E-state index in [0.717, 1.165) is 25.7 Å². The number of hydrogen-bond acceptors (Lipinski definition) is 3. The third-order valence-electron chi connectivity index (χ3n) is 3.79. The molecule has 2 aromatic rings. The Bertz CT molecular complexity index is 648. The SMILES string of the molecule is CCCCC(CC)C(=O)O.O=C(O)c1ccccc1.O=C(O)c1ccccc1. The van der Waals surface area contributed by atoms with Gasteiger partial charge in [0, 0.05) is 0 Å². The topological polar surface area (TPSA) is 112 Å². The zero-order chi connectivity index (χ0) is 21.4. The van der Waals surface area contributed by atoms with Gasteiger partial charge in [0.2, 0.25) is 0 Å². The maximum Gasteiger partial charge on any atom is 0.335 e. The van der Waals surface area contributed by atoms with Crippen LogP contribution in [0.25, 0.3) is 0 Å². The first-order chi connectivity index (χ1) is 13.3. The van der Waals surface area contributed by atoms with Crippen molar-refractivity contribution in [3.8, 4) is 0 Å². The molecule has 0 bridgehead atoms. The van der Waals surface area contributed by atoms with E-state index in [2.05, 4.69) is 6.92 Å². The van der Waals surface area contributed by atoms with Gasteiger partial charge in [0.05, 0.1) is 17.0 Å². The van der Waals surface area contributed by atoms with Gasteiger partial charge < -0.3 is 15.3 Å². The molecule has 6 nitrogen and oxygen atoms in total. The fourth-order valence-electron chi connectivity index (χ4n) is 2.11. The second-order valence-electron chi connectivity index (χ2n) is 5.93. The fourth-order valence-corrected chi connectivity index (χ4v) is 2.11. The zero-order valence-electron chi connectivity index (χ0n) is 16.2. The van der Waals surface area contributed by atoms with Crippen LogP contribution >= 0.6 is 0 Å². The van der Waals surface area contributed by atoms with E-state index in [1.54, 1.807) is 60.7 Å². The molecule has 0 aliphatic carbocycles. The lowest BCUT2D eigenvalue weighted by atomic mass is 10.00. The predicted molar refractivity (Wildman–Crippen MR) is 108 cm³/mol. The van der Waals surface area contributed by atoms with Gasteiger partial charge in [-0.2, -0.15) is 0 Å². The Morgan fingerprint density at radius 3 is 1.36 bits per heavy atom. The largest absolute Gasteiger partial charge is 0.481 e. The van der Waals surface area contributed by atoms with Crippen LogP contribution in [0.4, 0.5) is 0 Å². The maximum atomic E-state index is 10.4. The van der Waals surface area contributed by atoms with E-state index in [9.17, 15) is 14.4 Å². The minimum absolute atomic E-state index is 0.111. The van der Waals surface area contributed by atoms with Crippen LogP contribution in [0, 0.1) is 5.92 Å². The summed E-state index contributed by atoms with van der Waals surface area (Å²) in [6.07, 6.45) is 3.71. The number of benzene rings is 2. The molecule has 0 fully saturated rings. The summed E-state index contributed by atoms with van der Waals surface area (Å²) in [5, 5.41) is 25.4. The van der Waals surface area contributed by atoms with Crippen LogP contribution in [0.15, 0.2) is 60.7 Å². The highest BCUT2D eigenvalue weighted by atomic mass is 16.4. The number of rotatable bonds is 7. The summed E-state index contributed by atoms with van der Waals surface area (Å²) in [5.41, 5.74) is 0.662. The van der Waals surface area contributed by atoms with Crippen molar-refractivity contribution in [2.45, 2.75) is 39.5 Å². The normalized spacial score (nSPS) is 10.4.